The molecule has 0 spiro atoms. The summed E-state index contributed by atoms with van der Waals surface area (Å²) in [5.41, 5.74) is -0.254. The standard InChI is InChI=1S/C23H34O4/c1-13(24)18-7-8-19-17-6-5-15-11-16(27-14(2)25)9-10-22(15,3)20(17)12-21(26)23(18,19)4/h15-20H,5-12H2,1-4H3/t15?,16-,17?,18+,19?,20?,22?,23?/m0/s1. The summed E-state index contributed by atoms with van der Waals surface area (Å²) in [4.78, 5) is 37.0. The smallest absolute Gasteiger partial charge is 0.302 e. The lowest BCUT2D eigenvalue weighted by Gasteiger charge is -2.60. The molecule has 150 valence electrons. The molecule has 0 N–H and O–H groups in total. The van der Waals surface area contributed by atoms with Crippen molar-refractivity contribution in [2.45, 2.75) is 85.2 Å². The molecule has 4 heteroatoms. The monoisotopic (exact) mass is 374 g/mol. The van der Waals surface area contributed by atoms with E-state index in [9.17, 15) is 14.4 Å². The summed E-state index contributed by atoms with van der Waals surface area (Å²) in [7, 11) is 0. The van der Waals surface area contributed by atoms with Crippen LogP contribution in [0.15, 0.2) is 0 Å². The number of hydrogen-bond donors (Lipinski definition) is 0. The van der Waals surface area contributed by atoms with E-state index in [-0.39, 0.29) is 29.2 Å². The van der Waals surface area contributed by atoms with Crippen molar-refractivity contribution >= 4 is 17.5 Å². The van der Waals surface area contributed by atoms with Crippen molar-refractivity contribution in [3.63, 3.8) is 0 Å². The molecule has 0 bridgehead atoms. The summed E-state index contributed by atoms with van der Waals surface area (Å²) in [6.45, 7) is 7.66. The first-order valence-corrected chi connectivity index (χ1v) is 10.9. The van der Waals surface area contributed by atoms with E-state index in [1.807, 2.05) is 0 Å². The van der Waals surface area contributed by atoms with Crippen LogP contribution in [0.1, 0.15) is 79.1 Å². The molecule has 0 amide bonds. The lowest BCUT2D eigenvalue weighted by Crippen LogP contribution is -2.57. The summed E-state index contributed by atoms with van der Waals surface area (Å²) in [5, 5.41) is 0. The van der Waals surface area contributed by atoms with E-state index in [1.165, 1.54) is 13.3 Å². The van der Waals surface area contributed by atoms with E-state index in [0.717, 1.165) is 38.5 Å². The van der Waals surface area contributed by atoms with Gasteiger partial charge in [0.15, 0.2) is 0 Å². The molecule has 4 aliphatic carbocycles. The Kier molecular flexibility index (Phi) is 4.55. The molecule has 0 aliphatic heterocycles. The van der Waals surface area contributed by atoms with E-state index in [2.05, 4.69) is 13.8 Å². The Bertz CT molecular complexity index is 669. The first-order chi connectivity index (χ1) is 12.7. The molecule has 0 radical (unpaired) electrons. The second-order valence-electron chi connectivity index (χ2n) is 10.3. The normalized spacial score (nSPS) is 49.0. The minimum absolute atomic E-state index is 0.0512. The van der Waals surface area contributed by atoms with Gasteiger partial charge in [0.25, 0.3) is 0 Å². The third kappa shape index (κ3) is 2.73. The predicted molar refractivity (Wildman–Crippen MR) is 102 cm³/mol. The number of carbonyl (C=O) groups excluding carboxylic acids is 3. The largest absolute Gasteiger partial charge is 0.463 e. The molecule has 8 atom stereocenters. The molecular formula is C23H34O4. The van der Waals surface area contributed by atoms with Gasteiger partial charge in [-0.15, -0.1) is 0 Å². The fraction of sp³-hybridized carbons (Fsp3) is 0.870. The zero-order valence-electron chi connectivity index (χ0n) is 17.3. The van der Waals surface area contributed by atoms with Crippen molar-refractivity contribution in [3.8, 4) is 0 Å². The van der Waals surface area contributed by atoms with Crippen molar-refractivity contribution in [3.05, 3.63) is 0 Å². The van der Waals surface area contributed by atoms with Gasteiger partial charge >= 0.3 is 5.97 Å². The third-order valence-corrected chi connectivity index (χ3v) is 9.30. The molecule has 4 fully saturated rings. The first-order valence-electron chi connectivity index (χ1n) is 10.9. The lowest BCUT2D eigenvalue weighted by molar-refractivity contribution is -0.167. The average molecular weight is 375 g/mol. The molecule has 27 heavy (non-hydrogen) atoms. The Labute approximate surface area is 162 Å². The second kappa shape index (κ2) is 6.42. The van der Waals surface area contributed by atoms with Crippen molar-refractivity contribution in [1.82, 2.24) is 0 Å². The maximum Gasteiger partial charge on any atom is 0.302 e. The third-order valence-electron chi connectivity index (χ3n) is 9.30. The molecule has 4 aliphatic rings. The highest BCUT2D eigenvalue weighted by molar-refractivity contribution is 5.93. The SMILES string of the molecule is CC(=O)O[C@H]1CCC2(C)C(CCC3C2CC(=O)C2(C)C3CC[C@@H]2C(C)=O)C1. The highest BCUT2D eigenvalue weighted by Crippen LogP contribution is 2.66. The minimum Gasteiger partial charge on any atom is -0.463 e. The van der Waals surface area contributed by atoms with Crippen LogP contribution in [-0.2, 0) is 19.1 Å². The van der Waals surface area contributed by atoms with Gasteiger partial charge in [-0.25, -0.2) is 0 Å². The Morgan fingerprint density at radius 1 is 1.00 bits per heavy atom. The minimum atomic E-state index is -0.425. The number of ketones is 2. The maximum atomic E-state index is 13.4. The van der Waals surface area contributed by atoms with Crippen LogP contribution in [0, 0.1) is 40.4 Å². The van der Waals surface area contributed by atoms with E-state index in [1.54, 1.807) is 6.92 Å². The molecule has 4 saturated carbocycles. The Morgan fingerprint density at radius 3 is 2.41 bits per heavy atom. The van der Waals surface area contributed by atoms with Crippen LogP contribution in [0.2, 0.25) is 0 Å². The topological polar surface area (TPSA) is 60.4 Å². The van der Waals surface area contributed by atoms with E-state index in [0.29, 0.717) is 35.9 Å². The van der Waals surface area contributed by atoms with E-state index >= 15 is 0 Å². The first kappa shape index (κ1) is 19.1. The van der Waals surface area contributed by atoms with Gasteiger partial charge in [-0.3, -0.25) is 14.4 Å². The van der Waals surface area contributed by atoms with E-state index in [4.69, 9.17) is 4.74 Å². The van der Waals surface area contributed by atoms with Gasteiger partial charge in [0.05, 0.1) is 0 Å². The number of hydrogen-bond acceptors (Lipinski definition) is 4. The van der Waals surface area contributed by atoms with Gasteiger partial charge in [-0.05, 0) is 81.0 Å². The molecule has 4 nitrogen and oxygen atoms in total. The summed E-state index contributed by atoms with van der Waals surface area (Å²) in [6.07, 6.45) is 7.86. The van der Waals surface area contributed by atoms with Crippen LogP contribution >= 0.6 is 0 Å². The highest BCUT2D eigenvalue weighted by atomic mass is 16.5. The van der Waals surface area contributed by atoms with Crippen molar-refractivity contribution in [1.29, 1.82) is 0 Å². The van der Waals surface area contributed by atoms with Gasteiger partial charge in [0, 0.05) is 24.7 Å². The van der Waals surface area contributed by atoms with Crippen LogP contribution in [0.5, 0.6) is 0 Å². The fourth-order valence-electron chi connectivity index (χ4n) is 7.92. The molecule has 0 aromatic rings. The zero-order valence-corrected chi connectivity index (χ0v) is 17.3. The van der Waals surface area contributed by atoms with Gasteiger partial charge in [0.1, 0.15) is 17.7 Å². The molecule has 0 heterocycles. The van der Waals surface area contributed by atoms with Gasteiger partial charge in [0.2, 0.25) is 0 Å². The molecular weight excluding hydrogens is 340 g/mol. The molecule has 0 aromatic heterocycles. The van der Waals surface area contributed by atoms with Gasteiger partial charge < -0.3 is 4.74 Å². The number of fused-ring (bicyclic) bond motifs is 5. The maximum absolute atomic E-state index is 13.4. The molecule has 0 aromatic carbocycles. The van der Waals surface area contributed by atoms with Crippen LogP contribution in [-0.4, -0.2) is 23.6 Å². The summed E-state index contributed by atoms with van der Waals surface area (Å²) in [6, 6.07) is 0. The van der Waals surface area contributed by atoms with Crippen LogP contribution in [0.4, 0.5) is 0 Å². The Balaban J connectivity index is 1.59. The Hall–Kier alpha value is -1.19. The number of carbonyl (C=O) groups is 3. The number of Topliss-reactive ketones (excluding diaryl/α,β-unsaturated/α-hetero) is 2. The van der Waals surface area contributed by atoms with Crippen LogP contribution < -0.4 is 0 Å². The fourth-order valence-corrected chi connectivity index (χ4v) is 7.92. The molecule has 4 rings (SSSR count). The molecule has 6 unspecified atom stereocenters. The van der Waals surface area contributed by atoms with Crippen molar-refractivity contribution in [2.75, 3.05) is 0 Å². The summed E-state index contributed by atoms with van der Waals surface area (Å²) >= 11 is 0. The Morgan fingerprint density at radius 2 is 1.74 bits per heavy atom. The second-order valence-corrected chi connectivity index (χ2v) is 10.3. The predicted octanol–water partition coefficient (Wildman–Crippen LogP) is 4.35. The van der Waals surface area contributed by atoms with Gasteiger partial charge in [-0.2, -0.15) is 0 Å². The van der Waals surface area contributed by atoms with Crippen molar-refractivity contribution in [2.24, 2.45) is 40.4 Å². The zero-order chi connectivity index (χ0) is 19.6. The quantitative estimate of drug-likeness (QED) is 0.675. The van der Waals surface area contributed by atoms with Crippen LogP contribution in [0.3, 0.4) is 0 Å². The molecule has 0 saturated heterocycles. The number of rotatable bonds is 2. The van der Waals surface area contributed by atoms with Crippen LogP contribution in [0.25, 0.3) is 0 Å². The number of ether oxygens (including phenoxy) is 1. The summed E-state index contributed by atoms with van der Waals surface area (Å²) < 4.78 is 5.52. The highest BCUT2D eigenvalue weighted by Gasteiger charge is 2.64. The summed E-state index contributed by atoms with van der Waals surface area (Å²) in [5.74, 6) is 2.22. The van der Waals surface area contributed by atoms with Crippen molar-refractivity contribution < 1.29 is 19.1 Å². The van der Waals surface area contributed by atoms with E-state index < -0.39 is 5.41 Å². The lowest BCUT2D eigenvalue weighted by atomic mass is 9.44. The van der Waals surface area contributed by atoms with Gasteiger partial charge in [-0.1, -0.05) is 13.8 Å². The number of esters is 1. The average Bonchev–Trinajstić information content (AvgIpc) is 2.95.